The number of carbonyl (C=O) groups excluding carboxylic acids is 1. The van der Waals surface area contributed by atoms with Crippen LogP contribution >= 0.6 is 0 Å². The van der Waals surface area contributed by atoms with Crippen molar-refractivity contribution in [2.45, 2.75) is 25.0 Å². The molecule has 0 aliphatic heterocycles. The molecule has 0 amide bonds. The van der Waals surface area contributed by atoms with Crippen LogP contribution in [0.25, 0.3) is 0 Å². The van der Waals surface area contributed by atoms with Gasteiger partial charge in [0.15, 0.2) is 15.7 Å². The van der Waals surface area contributed by atoms with E-state index in [1.54, 1.807) is 6.92 Å². The summed E-state index contributed by atoms with van der Waals surface area (Å²) in [4.78, 5) is 15.7. The lowest BCUT2D eigenvalue weighted by molar-refractivity contribution is 0.0375. The molecule has 124 valence electrons. The third kappa shape index (κ3) is 3.92. The number of rotatable bonds is 5. The number of esters is 1. The minimum atomic E-state index is -3.48. The standard InChI is InChI=1S/C14H14F2N2O4S/c1-9-3-4-10(23(2,20)21)7-11(9)13(19)22-8-12-17-5-6-18(12)14(15)16/h3-7,14H,8H2,1-2H3. The fraction of sp³-hybridized carbons (Fsp3) is 0.286. The third-order valence-electron chi connectivity index (χ3n) is 3.15. The molecule has 0 unspecified atom stereocenters. The molecule has 0 aliphatic rings. The summed E-state index contributed by atoms with van der Waals surface area (Å²) >= 11 is 0. The maximum absolute atomic E-state index is 12.7. The van der Waals surface area contributed by atoms with Crippen LogP contribution in [-0.2, 0) is 21.2 Å². The fourth-order valence-corrected chi connectivity index (χ4v) is 2.54. The van der Waals surface area contributed by atoms with Crippen molar-refractivity contribution in [3.05, 3.63) is 47.5 Å². The van der Waals surface area contributed by atoms with Crippen molar-refractivity contribution in [2.24, 2.45) is 0 Å². The average molecular weight is 344 g/mol. The molecule has 0 radical (unpaired) electrons. The molecule has 0 saturated carbocycles. The van der Waals surface area contributed by atoms with Crippen molar-refractivity contribution in [1.82, 2.24) is 9.55 Å². The minimum absolute atomic E-state index is 0.0240. The number of alkyl halides is 2. The van der Waals surface area contributed by atoms with Crippen LogP contribution in [0.4, 0.5) is 8.78 Å². The number of halogens is 2. The Morgan fingerprint density at radius 1 is 1.39 bits per heavy atom. The molecule has 1 aromatic heterocycles. The largest absolute Gasteiger partial charge is 0.454 e. The van der Waals surface area contributed by atoms with E-state index in [1.165, 1.54) is 24.4 Å². The first-order chi connectivity index (χ1) is 10.7. The van der Waals surface area contributed by atoms with Crippen molar-refractivity contribution in [3.8, 4) is 0 Å². The van der Waals surface area contributed by atoms with Crippen molar-refractivity contribution >= 4 is 15.8 Å². The van der Waals surface area contributed by atoms with E-state index in [9.17, 15) is 22.0 Å². The zero-order chi connectivity index (χ0) is 17.2. The highest BCUT2D eigenvalue weighted by molar-refractivity contribution is 7.90. The van der Waals surface area contributed by atoms with E-state index in [-0.39, 0.29) is 16.3 Å². The Bertz CT molecular complexity index is 831. The van der Waals surface area contributed by atoms with E-state index < -0.39 is 29.0 Å². The highest BCUT2D eigenvalue weighted by Crippen LogP contribution is 2.18. The number of imidazole rings is 1. The molecule has 0 saturated heterocycles. The van der Waals surface area contributed by atoms with E-state index >= 15 is 0 Å². The van der Waals surface area contributed by atoms with Gasteiger partial charge in [0.1, 0.15) is 6.61 Å². The summed E-state index contributed by atoms with van der Waals surface area (Å²) in [5.74, 6) is -0.915. The Kier molecular flexibility index (Phi) is 4.79. The number of ether oxygens (including phenoxy) is 1. The summed E-state index contributed by atoms with van der Waals surface area (Å²) in [5, 5.41) is 0. The minimum Gasteiger partial charge on any atom is -0.454 e. The number of nitrogens with zero attached hydrogens (tertiary/aromatic N) is 2. The molecule has 0 bridgehead atoms. The van der Waals surface area contributed by atoms with E-state index in [4.69, 9.17) is 4.74 Å². The zero-order valence-corrected chi connectivity index (χ0v) is 13.2. The topological polar surface area (TPSA) is 78.3 Å². The lowest BCUT2D eigenvalue weighted by atomic mass is 10.1. The lowest BCUT2D eigenvalue weighted by Crippen LogP contribution is -2.12. The monoisotopic (exact) mass is 344 g/mol. The summed E-state index contributed by atoms with van der Waals surface area (Å²) in [6.07, 6.45) is 3.26. The molecule has 0 N–H and O–H groups in total. The molecule has 0 spiro atoms. The van der Waals surface area contributed by atoms with Gasteiger partial charge in [-0.1, -0.05) is 6.07 Å². The molecule has 0 fully saturated rings. The first-order valence-electron chi connectivity index (χ1n) is 6.48. The van der Waals surface area contributed by atoms with Gasteiger partial charge in [-0.25, -0.2) is 18.2 Å². The van der Waals surface area contributed by atoms with Crippen LogP contribution in [0, 0.1) is 6.92 Å². The van der Waals surface area contributed by atoms with E-state index in [1.807, 2.05) is 0 Å². The van der Waals surface area contributed by atoms with Gasteiger partial charge in [-0.2, -0.15) is 8.78 Å². The van der Waals surface area contributed by atoms with E-state index in [2.05, 4.69) is 4.98 Å². The molecule has 1 aromatic carbocycles. The van der Waals surface area contributed by atoms with Crippen molar-refractivity contribution in [1.29, 1.82) is 0 Å². The lowest BCUT2D eigenvalue weighted by Gasteiger charge is -2.10. The van der Waals surface area contributed by atoms with Crippen LogP contribution in [-0.4, -0.2) is 30.2 Å². The van der Waals surface area contributed by atoms with Gasteiger partial charge < -0.3 is 4.74 Å². The van der Waals surface area contributed by atoms with Crippen LogP contribution in [0.5, 0.6) is 0 Å². The van der Waals surface area contributed by atoms with E-state index in [0.717, 1.165) is 12.5 Å². The van der Waals surface area contributed by atoms with Crippen molar-refractivity contribution < 1.29 is 26.7 Å². The number of benzene rings is 1. The van der Waals surface area contributed by atoms with E-state index in [0.29, 0.717) is 10.1 Å². The van der Waals surface area contributed by atoms with Crippen molar-refractivity contribution in [2.75, 3.05) is 6.26 Å². The molecule has 1 heterocycles. The van der Waals surface area contributed by atoms with Gasteiger partial charge in [-0.05, 0) is 24.6 Å². The van der Waals surface area contributed by atoms with Crippen LogP contribution < -0.4 is 0 Å². The summed E-state index contributed by atoms with van der Waals surface area (Å²) < 4.78 is 54.0. The summed E-state index contributed by atoms with van der Waals surface area (Å²) in [5.41, 5.74) is 0.572. The number of hydrogen-bond donors (Lipinski definition) is 0. The van der Waals surface area contributed by atoms with Gasteiger partial charge in [-0.15, -0.1) is 0 Å². The molecule has 6 nitrogen and oxygen atoms in total. The van der Waals surface area contributed by atoms with Gasteiger partial charge in [0.05, 0.1) is 10.5 Å². The second kappa shape index (κ2) is 6.45. The fourth-order valence-electron chi connectivity index (χ4n) is 1.89. The Morgan fingerprint density at radius 2 is 2.09 bits per heavy atom. The molecule has 0 atom stereocenters. The SMILES string of the molecule is Cc1ccc(S(C)(=O)=O)cc1C(=O)OCc1nccn1C(F)F. The predicted octanol–water partition coefficient (Wildman–Crippen LogP) is 2.35. The van der Waals surface area contributed by atoms with Crippen LogP contribution in [0.1, 0.15) is 28.3 Å². The number of hydrogen-bond acceptors (Lipinski definition) is 5. The number of sulfone groups is 1. The second-order valence-corrected chi connectivity index (χ2v) is 6.87. The molecule has 0 aliphatic carbocycles. The van der Waals surface area contributed by atoms with Gasteiger partial charge in [0.2, 0.25) is 0 Å². The maximum Gasteiger partial charge on any atom is 0.338 e. The Hall–Kier alpha value is -2.29. The molecular formula is C14H14F2N2O4S. The quantitative estimate of drug-likeness (QED) is 0.778. The predicted molar refractivity (Wildman–Crippen MR) is 76.9 cm³/mol. The Morgan fingerprint density at radius 3 is 2.70 bits per heavy atom. The molecular weight excluding hydrogens is 330 g/mol. The Balaban J connectivity index is 2.19. The molecule has 23 heavy (non-hydrogen) atoms. The normalized spacial score (nSPS) is 11.7. The second-order valence-electron chi connectivity index (χ2n) is 4.85. The van der Waals surface area contributed by atoms with Crippen LogP contribution in [0.15, 0.2) is 35.5 Å². The summed E-state index contributed by atoms with van der Waals surface area (Å²) in [7, 11) is -3.48. The highest BCUT2D eigenvalue weighted by atomic mass is 32.2. The van der Waals surface area contributed by atoms with Crippen LogP contribution in [0.2, 0.25) is 0 Å². The van der Waals surface area contributed by atoms with Gasteiger partial charge >= 0.3 is 12.5 Å². The van der Waals surface area contributed by atoms with Gasteiger partial charge in [0.25, 0.3) is 0 Å². The Labute approximate surface area is 131 Å². The smallest absolute Gasteiger partial charge is 0.338 e. The molecule has 2 rings (SSSR count). The first kappa shape index (κ1) is 17.1. The third-order valence-corrected chi connectivity index (χ3v) is 4.26. The average Bonchev–Trinajstić information content (AvgIpc) is 2.92. The first-order valence-corrected chi connectivity index (χ1v) is 8.37. The molecule has 9 heteroatoms. The maximum atomic E-state index is 12.7. The van der Waals surface area contributed by atoms with Gasteiger partial charge in [0, 0.05) is 18.6 Å². The van der Waals surface area contributed by atoms with Gasteiger partial charge in [-0.3, -0.25) is 4.57 Å². The summed E-state index contributed by atoms with van der Waals surface area (Å²) in [6.45, 7) is -1.62. The highest BCUT2D eigenvalue weighted by Gasteiger charge is 2.17. The van der Waals surface area contributed by atoms with Crippen molar-refractivity contribution in [3.63, 3.8) is 0 Å². The summed E-state index contributed by atoms with van der Waals surface area (Å²) in [6, 6.07) is 4.06. The number of aryl methyl sites for hydroxylation is 1. The number of carbonyl (C=O) groups is 1. The van der Waals surface area contributed by atoms with Crippen LogP contribution in [0.3, 0.4) is 0 Å². The zero-order valence-electron chi connectivity index (χ0n) is 12.4. The number of aromatic nitrogens is 2. The molecule has 2 aromatic rings.